The number of nitrogens with one attached hydrogen (secondary N) is 3. The molecule has 9 nitrogen and oxygen atoms in total. The van der Waals surface area contributed by atoms with Gasteiger partial charge in [-0.1, -0.05) is 30.7 Å². The van der Waals surface area contributed by atoms with E-state index in [1.807, 2.05) is 37.3 Å². The largest absolute Gasteiger partial charge is 0.350 e. The number of fused-ring (bicyclic) bond motifs is 1. The van der Waals surface area contributed by atoms with Crippen molar-refractivity contribution in [1.82, 2.24) is 19.7 Å². The van der Waals surface area contributed by atoms with Crippen LogP contribution in [0, 0.1) is 6.92 Å². The topological polar surface area (TPSA) is 110 Å². The highest BCUT2D eigenvalue weighted by atomic mass is 16.2. The average Bonchev–Trinajstić information content (AvgIpc) is 2.93. The Morgan fingerprint density at radius 3 is 2.55 bits per heavy atom. The molecule has 2 aromatic carbocycles. The van der Waals surface area contributed by atoms with Crippen molar-refractivity contribution in [1.29, 1.82) is 0 Å². The molecular weight excluding hydrogens is 420 g/mol. The lowest BCUT2D eigenvalue weighted by Gasteiger charge is -2.10. The molecule has 0 aliphatic carbocycles. The second kappa shape index (κ2) is 10.2. The van der Waals surface area contributed by atoms with Crippen LogP contribution in [0.15, 0.2) is 53.3 Å². The lowest BCUT2D eigenvalue weighted by molar-refractivity contribution is -0.122. The highest BCUT2D eigenvalue weighted by molar-refractivity contribution is 5.99. The van der Waals surface area contributed by atoms with Crippen LogP contribution >= 0.6 is 0 Å². The molecule has 172 valence electrons. The smallest absolute Gasteiger partial charge is 0.346 e. The summed E-state index contributed by atoms with van der Waals surface area (Å²) >= 11 is 0. The van der Waals surface area contributed by atoms with Gasteiger partial charge in [-0.05, 0) is 55.2 Å². The number of rotatable bonds is 6. The fraction of sp³-hybridized carbons (Fsp3) is 0.333. The summed E-state index contributed by atoms with van der Waals surface area (Å²) in [7, 11) is 0. The number of urea groups is 1. The average molecular weight is 449 g/mol. The highest BCUT2D eigenvalue weighted by Gasteiger charge is 2.17. The molecule has 3 N–H and O–H groups in total. The molecule has 3 amide bonds. The first-order chi connectivity index (χ1) is 16.0. The van der Waals surface area contributed by atoms with Crippen LogP contribution < -0.4 is 21.6 Å². The lowest BCUT2D eigenvalue weighted by atomic mass is 10.2. The van der Waals surface area contributed by atoms with Crippen LogP contribution in [0.2, 0.25) is 0 Å². The molecule has 0 atom stereocenters. The SMILES string of the molecule is Cc1cccc(NC(=O)Nc2cccc(CNC(=O)Cn3nc4n(c3=O)CCCCC4)c2)c1. The summed E-state index contributed by atoms with van der Waals surface area (Å²) in [6.45, 7) is 2.78. The number of carbonyl (C=O) groups is 2. The zero-order valence-electron chi connectivity index (χ0n) is 18.6. The van der Waals surface area contributed by atoms with Gasteiger partial charge in [-0.2, -0.15) is 5.10 Å². The maximum atomic E-state index is 12.5. The van der Waals surface area contributed by atoms with E-state index in [0.29, 0.717) is 17.9 Å². The first-order valence-electron chi connectivity index (χ1n) is 11.1. The Hall–Kier alpha value is -3.88. The van der Waals surface area contributed by atoms with E-state index in [2.05, 4.69) is 21.0 Å². The van der Waals surface area contributed by atoms with Gasteiger partial charge in [-0.25, -0.2) is 14.3 Å². The third kappa shape index (κ3) is 5.88. The molecule has 1 aliphatic rings. The summed E-state index contributed by atoms with van der Waals surface area (Å²) in [5.74, 6) is 0.467. The number of benzene rings is 2. The van der Waals surface area contributed by atoms with Crippen LogP contribution in [-0.4, -0.2) is 26.3 Å². The fourth-order valence-electron chi connectivity index (χ4n) is 3.90. The van der Waals surface area contributed by atoms with Crippen molar-refractivity contribution < 1.29 is 9.59 Å². The van der Waals surface area contributed by atoms with Gasteiger partial charge in [0.05, 0.1) is 0 Å². The summed E-state index contributed by atoms with van der Waals surface area (Å²) in [5, 5.41) is 12.8. The molecule has 0 fully saturated rings. The minimum atomic E-state index is -0.347. The number of nitrogens with zero attached hydrogens (tertiary/aromatic N) is 3. The van der Waals surface area contributed by atoms with Crippen molar-refractivity contribution in [2.45, 2.75) is 52.2 Å². The zero-order chi connectivity index (χ0) is 23.2. The molecule has 0 radical (unpaired) electrons. The zero-order valence-corrected chi connectivity index (χ0v) is 18.6. The maximum Gasteiger partial charge on any atom is 0.346 e. The minimum absolute atomic E-state index is 0.115. The number of aromatic nitrogens is 3. The van der Waals surface area contributed by atoms with Crippen molar-refractivity contribution in [2.24, 2.45) is 0 Å². The molecule has 1 aromatic heterocycles. The molecule has 0 bridgehead atoms. The van der Waals surface area contributed by atoms with E-state index >= 15 is 0 Å². The van der Waals surface area contributed by atoms with Gasteiger partial charge in [-0.15, -0.1) is 0 Å². The van der Waals surface area contributed by atoms with Gasteiger partial charge in [0.15, 0.2) is 0 Å². The third-order valence-electron chi connectivity index (χ3n) is 5.53. The molecule has 0 spiro atoms. The van der Waals surface area contributed by atoms with Gasteiger partial charge in [0.1, 0.15) is 12.4 Å². The predicted molar refractivity (Wildman–Crippen MR) is 126 cm³/mol. The number of carbonyl (C=O) groups excluding carboxylic acids is 2. The van der Waals surface area contributed by atoms with Crippen LogP contribution in [0.5, 0.6) is 0 Å². The van der Waals surface area contributed by atoms with Crippen molar-refractivity contribution in [3.63, 3.8) is 0 Å². The van der Waals surface area contributed by atoms with Crippen molar-refractivity contribution >= 4 is 23.3 Å². The van der Waals surface area contributed by atoms with E-state index in [4.69, 9.17) is 0 Å². The van der Waals surface area contributed by atoms with Gasteiger partial charge in [0.2, 0.25) is 5.91 Å². The Morgan fingerprint density at radius 2 is 1.76 bits per heavy atom. The Balaban J connectivity index is 1.31. The lowest BCUT2D eigenvalue weighted by Crippen LogP contribution is -2.33. The van der Waals surface area contributed by atoms with Crippen LogP contribution in [0.1, 0.15) is 36.2 Å². The molecule has 0 saturated heterocycles. The van der Waals surface area contributed by atoms with Gasteiger partial charge in [-0.3, -0.25) is 9.36 Å². The van der Waals surface area contributed by atoms with Gasteiger partial charge in [0.25, 0.3) is 0 Å². The predicted octanol–water partition coefficient (Wildman–Crippen LogP) is 3.04. The van der Waals surface area contributed by atoms with E-state index in [1.54, 1.807) is 22.8 Å². The fourth-order valence-corrected chi connectivity index (χ4v) is 3.90. The normalized spacial score (nSPS) is 13.0. The van der Waals surface area contributed by atoms with E-state index < -0.39 is 0 Å². The molecule has 1 aliphatic heterocycles. The molecule has 4 rings (SSSR count). The summed E-state index contributed by atoms with van der Waals surface area (Å²) in [6, 6.07) is 14.4. The van der Waals surface area contributed by atoms with E-state index in [9.17, 15) is 14.4 Å². The second-order valence-electron chi connectivity index (χ2n) is 8.24. The van der Waals surface area contributed by atoms with Crippen LogP contribution in [-0.2, 0) is 30.8 Å². The maximum absolute atomic E-state index is 12.5. The highest BCUT2D eigenvalue weighted by Crippen LogP contribution is 2.14. The molecule has 9 heteroatoms. The monoisotopic (exact) mass is 448 g/mol. The Morgan fingerprint density at radius 1 is 1.00 bits per heavy atom. The van der Waals surface area contributed by atoms with E-state index in [-0.39, 0.29) is 30.7 Å². The van der Waals surface area contributed by atoms with Gasteiger partial charge in [0, 0.05) is 30.9 Å². The van der Waals surface area contributed by atoms with Crippen molar-refractivity contribution in [3.05, 3.63) is 76.0 Å². The second-order valence-corrected chi connectivity index (χ2v) is 8.24. The van der Waals surface area contributed by atoms with Crippen molar-refractivity contribution in [2.75, 3.05) is 10.6 Å². The molecule has 0 unspecified atom stereocenters. The number of hydrogen-bond donors (Lipinski definition) is 3. The first kappa shape index (κ1) is 22.3. The standard InChI is InChI=1S/C24H28N6O3/c1-17-7-5-9-19(13-17)26-23(32)27-20-10-6-8-18(14-20)15-25-22(31)16-30-24(33)29-12-4-2-3-11-21(29)28-30/h5-10,13-14H,2-4,11-12,15-16H2,1H3,(H,25,31)(H2,26,27,32). The number of aryl methyl sites for hydroxylation is 2. The van der Waals surface area contributed by atoms with Crippen LogP contribution in [0.4, 0.5) is 16.2 Å². The van der Waals surface area contributed by atoms with Crippen LogP contribution in [0.3, 0.4) is 0 Å². The number of amides is 3. The summed E-state index contributed by atoms with van der Waals surface area (Å²) in [4.78, 5) is 37.2. The van der Waals surface area contributed by atoms with Crippen molar-refractivity contribution in [3.8, 4) is 0 Å². The third-order valence-corrected chi connectivity index (χ3v) is 5.53. The summed E-state index contributed by atoms with van der Waals surface area (Å²) in [5.41, 5.74) is 2.97. The summed E-state index contributed by atoms with van der Waals surface area (Å²) in [6.07, 6.45) is 3.82. The Bertz CT molecular complexity index is 1210. The molecular formula is C24H28N6O3. The van der Waals surface area contributed by atoms with E-state index in [0.717, 1.165) is 42.6 Å². The molecule has 0 saturated carbocycles. The summed E-state index contributed by atoms with van der Waals surface area (Å²) < 4.78 is 2.92. The molecule has 33 heavy (non-hydrogen) atoms. The molecule has 3 aromatic rings. The Labute approximate surface area is 191 Å². The van der Waals surface area contributed by atoms with Crippen LogP contribution in [0.25, 0.3) is 0 Å². The Kier molecular flexibility index (Phi) is 6.87. The minimum Gasteiger partial charge on any atom is -0.350 e. The quantitative estimate of drug-likeness (QED) is 0.538. The van der Waals surface area contributed by atoms with Gasteiger partial charge >= 0.3 is 11.7 Å². The van der Waals surface area contributed by atoms with E-state index in [1.165, 1.54) is 4.68 Å². The van der Waals surface area contributed by atoms with Gasteiger partial charge < -0.3 is 16.0 Å². The number of anilines is 2. The molecule has 2 heterocycles. The first-order valence-corrected chi connectivity index (χ1v) is 11.1. The number of hydrogen-bond acceptors (Lipinski definition) is 4.